The van der Waals surface area contributed by atoms with Crippen molar-refractivity contribution < 1.29 is 0 Å². The van der Waals surface area contributed by atoms with E-state index < -0.39 is 0 Å². The van der Waals surface area contributed by atoms with E-state index in [9.17, 15) is 0 Å². The summed E-state index contributed by atoms with van der Waals surface area (Å²) in [6.45, 7) is 11.5. The summed E-state index contributed by atoms with van der Waals surface area (Å²) in [6.07, 6.45) is 19.0. The Morgan fingerprint density at radius 2 is 1.79 bits per heavy atom. The van der Waals surface area contributed by atoms with Crippen molar-refractivity contribution in [3.63, 3.8) is 0 Å². The van der Waals surface area contributed by atoms with Crippen LogP contribution >= 0.6 is 0 Å². The molecule has 0 radical (unpaired) electrons. The van der Waals surface area contributed by atoms with Gasteiger partial charge in [0.15, 0.2) is 0 Å². The Morgan fingerprint density at radius 1 is 0.974 bits per heavy atom. The Bertz CT molecular complexity index is 1290. The van der Waals surface area contributed by atoms with Crippen molar-refractivity contribution in [2.24, 2.45) is 5.92 Å². The van der Waals surface area contributed by atoms with E-state index in [2.05, 4.69) is 70.3 Å². The lowest BCUT2D eigenvalue weighted by atomic mass is 9.86. The number of rotatable bonds is 10. The maximum Gasteiger partial charge on any atom is 0.126 e. The van der Waals surface area contributed by atoms with Gasteiger partial charge in [0.1, 0.15) is 5.82 Å². The molecule has 5 rings (SSSR count). The molecule has 0 spiro atoms. The van der Waals surface area contributed by atoms with Crippen molar-refractivity contribution in [3.8, 4) is 0 Å². The van der Waals surface area contributed by atoms with Crippen molar-refractivity contribution in [2.75, 3.05) is 5.32 Å². The number of aromatic nitrogens is 2. The van der Waals surface area contributed by atoms with Crippen LogP contribution in [0.4, 0.5) is 5.82 Å². The molecule has 2 aromatic heterocycles. The molecule has 1 saturated carbocycles. The molecule has 1 N–H and O–H groups in total. The summed E-state index contributed by atoms with van der Waals surface area (Å²) in [4.78, 5) is 9.77. The van der Waals surface area contributed by atoms with E-state index in [1.54, 1.807) is 5.57 Å². The lowest BCUT2D eigenvalue weighted by molar-refractivity contribution is 0.349. The van der Waals surface area contributed by atoms with Crippen LogP contribution in [0.1, 0.15) is 125 Å². The molecule has 3 heteroatoms. The van der Waals surface area contributed by atoms with Crippen LogP contribution in [0.25, 0.3) is 16.3 Å². The van der Waals surface area contributed by atoms with E-state index in [0.717, 1.165) is 5.82 Å². The molecule has 3 aromatic rings. The van der Waals surface area contributed by atoms with Gasteiger partial charge in [-0.3, -0.25) is 4.98 Å². The van der Waals surface area contributed by atoms with Gasteiger partial charge in [-0.2, -0.15) is 0 Å². The molecule has 0 aliphatic heterocycles. The second-order valence-electron chi connectivity index (χ2n) is 12.2. The van der Waals surface area contributed by atoms with Gasteiger partial charge in [0.05, 0.1) is 5.69 Å². The van der Waals surface area contributed by atoms with Crippen molar-refractivity contribution >= 4 is 22.2 Å². The molecule has 2 heterocycles. The molecular weight excluding hydrogens is 462 g/mol. The van der Waals surface area contributed by atoms with Crippen molar-refractivity contribution in [3.05, 3.63) is 70.7 Å². The predicted molar refractivity (Wildman–Crippen MR) is 163 cm³/mol. The third-order valence-electron chi connectivity index (χ3n) is 9.35. The second kappa shape index (κ2) is 12.0. The fourth-order valence-electron chi connectivity index (χ4n) is 6.88. The van der Waals surface area contributed by atoms with Gasteiger partial charge >= 0.3 is 0 Å². The van der Waals surface area contributed by atoms with Gasteiger partial charge in [0.2, 0.25) is 0 Å². The number of benzene rings is 1. The van der Waals surface area contributed by atoms with Crippen LogP contribution in [-0.2, 0) is 0 Å². The standard InChI is InChI=1S/C35H47N3/c1-6-11-27(13-8-9-14-28-18-26(5)30-19-24(3)25(4)20-31(28)30)35-32-21-34(37-22-29(32)16-17-36-35)38-33-15-10-7-12-23(33)2/h16-23,26-27,33H,6-15H2,1-5H3,(H,37,38). The van der Waals surface area contributed by atoms with Gasteiger partial charge in [-0.15, -0.1) is 0 Å². The Kier molecular flexibility index (Phi) is 8.51. The number of hydrogen-bond donors (Lipinski definition) is 1. The molecule has 0 saturated heterocycles. The van der Waals surface area contributed by atoms with E-state index in [0.29, 0.717) is 23.8 Å². The summed E-state index contributed by atoms with van der Waals surface area (Å²) < 4.78 is 0. The second-order valence-corrected chi connectivity index (χ2v) is 12.2. The molecule has 4 atom stereocenters. The number of fused-ring (bicyclic) bond motifs is 2. The van der Waals surface area contributed by atoms with E-state index in [1.807, 2.05) is 12.4 Å². The average molecular weight is 510 g/mol. The third-order valence-corrected chi connectivity index (χ3v) is 9.35. The summed E-state index contributed by atoms with van der Waals surface area (Å²) in [5, 5.41) is 6.28. The lowest BCUT2D eigenvalue weighted by Gasteiger charge is -2.30. The molecule has 1 aromatic carbocycles. The van der Waals surface area contributed by atoms with Crippen LogP contribution in [0.15, 0.2) is 42.7 Å². The fourth-order valence-corrected chi connectivity index (χ4v) is 6.88. The molecule has 202 valence electrons. The average Bonchev–Trinajstić information content (AvgIpc) is 3.21. The highest BCUT2D eigenvalue weighted by atomic mass is 15.0. The number of nitrogens with zero attached hydrogens (tertiary/aromatic N) is 2. The molecule has 0 amide bonds. The summed E-state index contributed by atoms with van der Waals surface area (Å²) in [7, 11) is 0. The zero-order chi connectivity index (χ0) is 26.6. The highest BCUT2D eigenvalue weighted by Gasteiger charge is 2.23. The maximum atomic E-state index is 4.98. The highest BCUT2D eigenvalue weighted by Crippen LogP contribution is 2.40. The zero-order valence-electron chi connectivity index (χ0n) is 24.3. The Morgan fingerprint density at radius 3 is 2.61 bits per heavy atom. The molecular formula is C35H47N3. The van der Waals surface area contributed by atoms with Crippen LogP contribution in [-0.4, -0.2) is 16.0 Å². The minimum absolute atomic E-state index is 0.501. The third kappa shape index (κ3) is 5.82. The van der Waals surface area contributed by atoms with Gasteiger partial charge < -0.3 is 5.32 Å². The van der Waals surface area contributed by atoms with Gasteiger partial charge in [0, 0.05) is 41.0 Å². The predicted octanol–water partition coefficient (Wildman–Crippen LogP) is 9.88. The first-order chi connectivity index (χ1) is 18.4. The number of hydrogen-bond acceptors (Lipinski definition) is 3. The summed E-state index contributed by atoms with van der Waals surface area (Å²) >= 11 is 0. The van der Waals surface area contributed by atoms with Gasteiger partial charge in [-0.05, 0) is 98.2 Å². The van der Waals surface area contributed by atoms with Crippen molar-refractivity contribution in [2.45, 2.75) is 117 Å². The molecule has 4 unspecified atom stereocenters. The van der Waals surface area contributed by atoms with Crippen LogP contribution < -0.4 is 5.32 Å². The first-order valence-corrected chi connectivity index (χ1v) is 15.3. The van der Waals surface area contributed by atoms with Crippen LogP contribution in [0.2, 0.25) is 0 Å². The van der Waals surface area contributed by atoms with Gasteiger partial charge in [-0.1, -0.05) is 64.7 Å². The molecule has 3 nitrogen and oxygen atoms in total. The summed E-state index contributed by atoms with van der Waals surface area (Å²) in [5.41, 5.74) is 8.68. The normalized spacial score (nSPS) is 21.8. The van der Waals surface area contributed by atoms with E-state index in [1.165, 1.54) is 103 Å². The Balaban J connectivity index is 1.27. The molecule has 0 bridgehead atoms. The van der Waals surface area contributed by atoms with Crippen LogP contribution in [0.5, 0.6) is 0 Å². The first-order valence-electron chi connectivity index (χ1n) is 15.3. The van der Waals surface area contributed by atoms with E-state index in [-0.39, 0.29) is 0 Å². The highest BCUT2D eigenvalue weighted by molar-refractivity contribution is 5.86. The number of aryl methyl sites for hydroxylation is 2. The van der Waals surface area contributed by atoms with Gasteiger partial charge in [-0.25, -0.2) is 4.98 Å². The summed E-state index contributed by atoms with van der Waals surface area (Å²) in [5.74, 6) is 2.77. The maximum absolute atomic E-state index is 4.98. The number of nitrogens with one attached hydrogen (secondary N) is 1. The van der Waals surface area contributed by atoms with Crippen LogP contribution in [0.3, 0.4) is 0 Å². The van der Waals surface area contributed by atoms with Gasteiger partial charge in [0.25, 0.3) is 0 Å². The molecule has 2 aliphatic rings. The molecule has 1 fully saturated rings. The number of allylic oxidation sites excluding steroid dienone is 2. The smallest absolute Gasteiger partial charge is 0.126 e. The van der Waals surface area contributed by atoms with Crippen molar-refractivity contribution in [1.82, 2.24) is 9.97 Å². The largest absolute Gasteiger partial charge is 0.367 e. The summed E-state index contributed by atoms with van der Waals surface area (Å²) in [6, 6.07) is 9.78. The minimum Gasteiger partial charge on any atom is -0.367 e. The van der Waals surface area contributed by atoms with E-state index in [4.69, 9.17) is 9.97 Å². The number of unbranched alkanes of at least 4 members (excludes halogenated alkanes) is 1. The van der Waals surface area contributed by atoms with E-state index >= 15 is 0 Å². The first kappa shape index (κ1) is 26.9. The van der Waals surface area contributed by atoms with Crippen molar-refractivity contribution in [1.29, 1.82) is 0 Å². The Hall–Kier alpha value is -2.68. The SMILES string of the molecule is CCCC(CCCCC1=CC(C)c2cc(C)c(C)cc21)c1nccc2cnc(NC3CCCCC3C)cc12. The molecule has 2 aliphatic carbocycles. The molecule has 38 heavy (non-hydrogen) atoms. The lowest BCUT2D eigenvalue weighted by Crippen LogP contribution is -2.30. The van der Waals surface area contributed by atoms with Crippen LogP contribution in [0, 0.1) is 19.8 Å². The minimum atomic E-state index is 0.501. The topological polar surface area (TPSA) is 37.8 Å². The fraction of sp³-hybridized carbons (Fsp3) is 0.543. The number of pyridine rings is 2. The number of anilines is 1. The Labute approximate surface area is 230 Å². The quantitative estimate of drug-likeness (QED) is 0.276. The monoisotopic (exact) mass is 509 g/mol. The zero-order valence-corrected chi connectivity index (χ0v) is 24.3.